The molecular weight excluding hydrogens is 356 g/mol. The average molecular weight is 382 g/mol. The number of nitrogens with one attached hydrogen (secondary N) is 1. The second-order valence-electron chi connectivity index (χ2n) is 6.94. The highest BCUT2D eigenvalue weighted by Gasteiger charge is 2.22. The molecule has 0 radical (unpaired) electrons. The van der Waals surface area contributed by atoms with E-state index in [9.17, 15) is 4.79 Å². The second-order valence-corrected chi connectivity index (χ2v) is 6.94. The highest BCUT2D eigenvalue weighted by molar-refractivity contribution is 5.78. The maximum absolute atomic E-state index is 12.5. The van der Waals surface area contributed by atoms with Gasteiger partial charge in [-0.3, -0.25) is 4.79 Å². The summed E-state index contributed by atoms with van der Waals surface area (Å²) in [5, 5.41) is 2.99. The van der Waals surface area contributed by atoms with Crippen molar-refractivity contribution in [1.29, 1.82) is 0 Å². The van der Waals surface area contributed by atoms with Crippen molar-refractivity contribution in [3.63, 3.8) is 0 Å². The van der Waals surface area contributed by atoms with Crippen molar-refractivity contribution in [1.82, 2.24) is 10.3 Å². The maximum Gasteiger partial charge on any atom is 0.258 e. The number of fused-ring (bicyclic) bond motifs is 1. The van der Waals surface area contributed by atoms with Gasteiger partial charge in [0.05, 0.1) is 6.61 Å². The van der Waals surface area contributed by atoms with Crippen molar-refractivity contribution >= 4 is 17.0 Å². The molecule has 1 aromatic heterocycles. The van der Waals surface area contributed by atoms with E-state index in [0.717, 1.165) is 5.52 Å². The molecule has 0 aliphatic rings. The lowest BCUT2D eigenvalue weighted by atomic mass is 10.0. The topological polar surface area (TPSA) is 73.6 Å². The number of amides is 1. The van der Waals surface area contributed by atoms with Gasteiger partial charge in [0.15, 0.2) is 23.7 Å². The number of benzene rings is 2. The van der Waals surface area contributed by atoms with Crippen molar-refractivity contribution in [3.8, 4) is 11.5 Å². The van der Waals surface area contributed by atoms with E-state index in [-0.39, 0.29) is 18.6 Å². The highest BCUT2D eigenvalue weighted by Crippen LogP contribution is 2.27. The Morgan fingerprint density at radius 1 is 1.07 bits per heavy atom. The van der Waals surface area contributed by atoms with Crippen LogP contribution in [0.3, 0.4) is 0 Å². The van der Waals surface area contributed by atoms with Crippen LogP contribution in [0, 0.1) is 5.92 Å². The summed E-state index contributed by atoms with van der Waals surface area (Å²) in [6.45, 7) is 6.51. The summed E-state index contributed by atoms with van der Waals surface area (Å²) < 4.78 is 17.0. The van der Waals surface area contributed by atoms with Gasteiger partial charge in [0.25, 0.3) is 5.91 Å². The number of para-hydroxylation sites is 4. The van der Waals surface area contributed by atoms with Crippen LogP contribution in [0.4, 0.5) is 0 Å². The van der Waals surface area contributed by atoms with Gasteiger partial charge in [0.2, 0.25) is 5.89 Å². The van der Waals surface area contributed by atoms with Gasteiger partial charge in [-0.2, -0.15) is 0 Å². The number of ether oxygens (including phenoxy) is 2. The zero-order valence-electron chi connectivity index (χ0n) is 16.5. The Morgan fingerprint density at radius 2 is 1.75 bits per heavy atom. The van der Waals surface area contributed by atoms with Crippen LogP contribution >= 0.6 is 0 Å². The molecule has 0 aliphatic heterocycles. The van der Waals surface area contributed by atoms with E-state index in [4.69, 9.17) is 13.9 Å². The van der Waals surface area contributed by atoms with E-state index in [2.05, 4.69) is 24.1 Å². The molecule has 1 heterocycles. The minimum atomic E-state index is -0.314. The Kier molecular flexibility index (Phi) is 6.53. The van der Waals surface area contributed by atoms with Crippen molar-refractivity contribution in [2.45, 2.75) is 33.2 Å². The summed E-state index contributed by atoms with van der Waals surface area (Å²) in [6.07, 6.45) is 0.716. The molecule has 1 atom stereocenters. The molecule has 0 unspecified atom stereocenters. The van der Waals surface area contributed by atoms with E-state index >= 15 is 0 Å². The zero-order chi connectivity index (χ0) is 19.9. The second kappa shape index (κ2) is 9.26. The number of rotatable bonds is 9. The van der Waals surface area contributed by atoms with Crippen molar-refractivity contribution in [2.24, 2.45) is 5.92 Å². The van der Waals surface area contributed by atoms with Gasteiger partial charge < -0.3 is 19.2 Å². The molecule has 1 N–H and O–H groups in total. The van der Waals surface area contributed by atoms with Crippen LogP contribution in [0.1, 0.15) is 39.1 Å². The number of aromatic nitrogens is 1. The van der Waals surface area contributed by atoms with Crippen LogP contribution in [0.5, 0.6) is 11.5 Å². The maximum atomic E-state index is 12.5. The molecule has 0 saturated carbocycles. The molecule has 0 aliphatic carbocycles. The summed E-state index contributed by atoms with van der Waals surface area (Å²) in [5.41, 5.74) is 1.49. The smallest absolute Gasteiger partial charge is 0.258 e. The molecule has 0 bridgehead atoms. The zero-order valence-corrected chi connectivity index (χ0v) is 16.5. The number of hydrogen-bond donors (Lipinski definition) is 1. The summed E-state index contributed by atoms with van der Waals surface area (Å²) in [7, 11) is 0. The molecule has 0 saturated heterocycles. The Morgan fingerprint density at radius 3 is 2.43 bits per heavy atom. The van der Waals surface area contributed by atoms with Crippen molar-refractivity contribution in [2.75, 3.05) is 13.2 Å². The monoisotopic (exact) mass is 382 g/mol. The third-order valence-corrected chi connectivity index (χ3v) is 4.16. The molecule has 1 amide bonds. The summed E-state index contributed by atoms with van der Waals surface area (Å²) >= 11 is 0. The Labute approximate surface area is 164 Å². The van der Waals surface area contributed by atoms with Crippen LogP contribution in [-0.4, -0.2) is 24.1 Å². The van der Waals surface area contributed by atoms with Gasteiger partial charge in [-0.15, -0.1) is 0 Å². The number of nitrogens with zero attached hydrogens (tertiary/aromatic N) is 1. The Hall–Kier alpha value is -3.02. The van der Waals surface area contributed by atoms with Crippen LogP contribution in [0.2, 0.25) is 0 Å². The first-order valence-corrected chi connectivity index (χ1v) is 9.56. The predicted molar refractivity (Wildman–Crippen MR) is 107 cm³/mol. The number of oxazole rings is 1. The molecule has 2 aromatic carbocycles. The van der Waals surface area contributed by atoms with Gasteiger partial charge in [-0.1, -0.05) is 38.1 Å². The van der Waals surface area contributed by atoms with E-state index in [1.165, 1.54) is 0 Å². The molecular formula is C22H26N2O4. The molecule has 6 nitrogen and oxygen atoms in total. The molecule has 148 valence electrons. The summed E-state index contributed by atoms with van der Waals surface area (Å²) in [5.74, 6) is 1.80. The van der Waals surface area contributed by atoms with Gasteiger partial charge in [0.1, 0.15) is 11.6 Å². The van der Waals surface area contributed by atoms with Gasteiger partial charge in [-0.05, 0) is 43.5 Å². The van der Waals surface area contributed by atoms with Gasteiger partial charge in [-0.25, -0.2) is 4.98 Å². The first-order valence-electron chi connectivity index (χ1n) is 9.56. The van der Waals surface area contributed by atoms with E-state index in [0.29, 0.717) is 41.9 Å². The van der Waals surface area contributed by atoms with Crippen LogP contribution in [-0.2, 0) is 4.79 Å². The number of carbonyl (C=O) groups excluding carboxylic acids is 1. The first-order chi connectivity index (χ1) is 13.6. The van der Waals surface area contributed by atoms with Gasteiger partial charge in [0, 0.05) is 0 Å². The molecule has 0 spiro atoms. The van der Waals surface area contributed by atoms with Crippen LogP contribution in [0.15, 0.2) is 52.9 Å². The predicted octanol–water partition coefficient (Wildman–Crippen LogP) is 4.51. The minimum absolute atomic E-state index is 0.112. The molecule has 3 aromatic rings. The largest absolute Gasteiger partial charge is 0.490 e. The lowest BCUT2D eigenvalue weighted by molar-refractivity contribution is -0.124. The van der Waals surface area contributed by atoms with Crippen molar-refractivity contribution < 1.29 is 18.7 Å². The lowest BCUT2D eigenvalue weighted by Gasteiger charge is -2.18. The van der Waals surface area contributed by atoms with Crippen LogP contribution < -0.4 is 14.8 Å². The lowest BCUT2D eigenvalue weighted by Crippen LogP contribution is -2.33. The number of carbonyl (C=O) groups is 1. The fraction of sp³-hybridized carbons (Fsp3) is 0.364. The van der Waals surface area contributed by atoms with Crippen molar-refractivity contribution in [3.05, 3.63) is 54.4 Å². The highest BCUT2D eigenvalue weighted by atomic mass is 16.5. The third-order valence-electron chi connectivity index (χ3n) is 4.16. The molecule has 6 heteroatoms. The first kappa shape index (κ1) is 19.7. The molecule has 28 heavy (non-hydrogen) atoms. The normalized spacial score (nSPS) is 12.1. The summed E-state index contributed by atoms with van der Waals surface area (Å²) in [4.78, 5) is 17.1. The van der Waals surface area contributed by atoms with E-state index in [1.807, 2.05) is 49.4 Å². The number of hydrogen-bond acceptors (Lipinski definition) is 5. The van der Waals surface area contributed by atoms with Crippen LogP contribution in [0.25, 0.3) is 11.1 Å². The SMILES string of the molecule is CCOc1ccccc1OCC(=O)N[C@@H](CC(C)C)c1nc2ccccc2o1. The standard InChI is InChI=1S/C22H26N2O4/c1-4-26-19-11-7-8-12-20(19)27-14-21(25)23-17(13-15(2)3)22-24-16-9-5-6-10-18(16)28-22/h5-12,15,17H,4,13-14H2,1-3H3,(H,23,25)/t17-/m0/s1. The molecule has 0 fully saturated rings. The van der Waals surface area contributed by atoms with E-state index < -0.39 is 0 Å². The molecule has 3 rings (SSSR count). The van der Waals surface area contributed by atoms with Gasteiger partial charge >= 0.3 is 0 Å². The Bertz CT molecular complexity index is 887. The quantitative estimate of drug-likeness (QED) is 0.589. The average Bonchev–Trinajstić information content (AvgIpc) is 3.11. The Balaban J connectivity index is 1.68. The minimum Gasteiger partial charge on any atom is -0.490 e. The summed E-state index contributed by atoms with van der Waals surface area (Å²) in [6, 6.07) is 14.6. The fourth-order valence-corrected chi connectivity index (χ4v) is 2.96. The third kappa shape index (κ3) is 5.03. The fourth-order valence-electron chi connectivity index (χ4n) is 2.96. The van der Waals surface area contributed by atoms with E-state index in [1.54, 1.807) is 6.07 Å².